The maximum absolute atomic E-state index is 13.1. The Morgan fingerprint density at radius 2 is 1.89 bits per heavy atom. The monoisotopic (exact) mass is 490 g/mol. The Labute approximate surface area is 212 Å². The molecular weight excluding hydrogens is 456 g/mol. The summed E-state index contributed by atoms with van der Waals surface area (Å²) in [6.07, 6.45) is 3.87. The van der Waals surface area contributed by atoms with E-state index in [9.17, 15) is 9.59 Å². The lowest BCUT2D eigenvalue weighted by atomic mass is 10.00. The molecular formula is C28H34N4O4. The molecule has 2 aliphatic rings. The lowest BCUT2D eigenvalue weighted by molar-refractivity contribution is -0.180. The molecule has 8 heteroatoms. The molecule has 2 aromatic carbocycles. The van der Waals surface area contributed by atoms with Crippen LogP contribution < -0.4 is 5.73 Å². The number of hydrogen-bond donors (Lipinski definition) is 1. The first-order valence-corrected chi connectivity index (χ1v) is 12.5. The van der Waals surface area contributed by atoms with Crippen molar-refractivity contribution in [1.29, 1.82) is 0 Å². The third-order valence-electron chi connectivity index (χ3n) is 6.44. The molecule has 0 radical (unpaired) electrons. The largest absolute Gasteiger partial charge is 0.387 e. The second-order valence-corrected chi connectivity index (χ2v) is 9.02. The summed E-state index contributed by atoms with van der Waals surface area (Å²) >= 11 is 0. The van der Waals surface area contributed by atoms with Gasteiger partial charge in [-0.3, -0.25) is 14.4 Å². The molecule has 8 nitrogen and oxygen atoms in total. The van der Waals surface area contributed by atoms with Crippen LogP contribution in [0.1, 0.15) is 49.0 Å². The van der Waals surface area contributed by atoms with Crippen LogP contribution in [-0.4, -0.2) is 67.1 Å². The summed E-state index contributed by atoms with van der Waals surface area (Å²) in [5, 5.41) is 1.40. The van der Waals surface area contributed by atoms with E-state index in [4.69, 9.17) is 15.3 Å². The molecule has 1 saturated heterocycles. The molecule has 4 rings (SSSR count). The Balaban J connectivity index is 1.55. The van der Waals surface area contributed by atoms with Gasteiger partial charge in [0, 0.05) is 49.9 Å². The zero-order valence-electron chi connectivity index (χ0n) is 21.2. The number of carbonyl (C=O) groups excluding carboxylic acids is 2. The van der Waals surface area contributed by atoms with E-state index in [1.54, 1.807) is 7.11 Å². The number of fused-ring (bicyclic) bond motifs is 1. The third-order valence-corrected chi connectivity index (χ3v) is 6.44. The summed E-state index contributed by atoms with van der Waals surface area (Å²) in [4.78, 5) is 37.9. The molecule has 2 N–H and O–H groups in total. The number of carbonyl (C=O) groups is 2. The van der Waals surface area contributed by atoms with Gasteiger partial charge in [-0.15, -0.1) is 0 Å². The molecule has 1 atom stereocenters. The normalized spacial score (nSPS) is 17.2. The number of amidine groups is 1. The lowest BCUT2D eigenvalue weighted by Gasteiger charge is -2.21. The molecule has 2 amide bonds. The smallest absolute Gasteiger partial charge is 0.273 e. The van der Waals surface area contributed by atoms with E-state index < -0.39 is 0 Å². The number of benzene rings is 2. The lowest BCUT2D eigenvalue weighted by Crippen LogP contribution is -2.34. The molecule has 0 bridgehead atoms. The molecule has 1 fully saturated rings. The fourth-order valence-corrected chi connectivity index (χ4v) is 4.54. The van der Waals surface area contributed by atoms with Crippen molar-refractivity contribution in [1.82, 2.24) is 9.96 Å². The van der Waals surface area contributed by atoms with Gasteiger partial charge >= 0.3 is 0 Å². The van der Waals surface area contributed by atoms with E-state index in [1.807, 2.05) is 67.3 Å². The summed E-state index contributed by atoms with van der Waals surface area (Å²) in [5.74, 6) is 0.204. The number of hydroxylamine groups is 2. The third kappa shape index (κ3) is 5.66. The number of amides is 2. The second kappa shape index (κ2) is 11.5. The van der Waals surface area contributed by atoms with Gasteiger partial charge in [0.05, 0.1) is 18.4 Å². The van der Waals surface area contributed by atoms with E-state index in [2.05, 4.69) is 4.99 Å². The predicted molar refractivity (Wildman–Crippen MR) is 141 cm³/mol. The summed E-state index contributed by atoms with van der Waals surface area (Å²) in [6, 6.07) is 13.5. The summed E-state index contributed by atoms with van der Waals surface area (Å²) < 4.78 is 5.37. The Morgan fingerprint density at radius 3 is 2.56 bits per heavy atom. The Bertz CT molecular complexity index is 1170. The van der Waals surface area contributed by atoms with E-state index in [-0.39, 0.29) is 24.3 Å². The van der Waals surface area contributed by atoms with Crippen molar-refractivity contribution in [2.24, 2.45) is 10.7 Å². The van der Waals surface area contributed by atoms with Crippen LogP contribution >= 0.6 is 0 Å². The number of nitrogens with zero attached hydrogens (tertiary/aromatic N) is 3. The first-order valence-electron chi connectivity index (χ1n) is 12.5. The van der Waals surface area contributed by atoms with Crippen molar-refractivity contribution >= 4 is 29.4 Å². The van der Waals surface area contributed by atoms with Gasteiger partial charge in [-0.25, -0.2) is 10.1 Å². The Hall–Kier alpha value is -3.49. The zero-order valence-corrected chi connectivity index (χ0v) is 21.2. The van der Waals surface area contributed by atoms with Crippen molar-refractivity contribution in [3.8, 4) is 11.1 Å². The van der Waals surface area contributed by atoms with Gasteiger partial charge in [0.15, 0.2) is 0 Å². The van der Waals surface area contributed by atoms with Crippen LogP contribution in [0.5, 0.6) is 0 Å². The molecule has 0 aromatic heterocycles. The highest BCUT2D eigenvalue weighted by atomic mass is 16.7. The highest BCUT2D eigenvalue weighted by molar-refractivity contribution is 6.05. The maximum atomic E-state index is 13.1. The number of ether oxygens (including phenoxy) is 1. The van der Waals surface area contributed by atoms with Gasteiger partial charge in [-0.2, -0.15) is 0 Å². The highest BCUT2D eigenvalue weighted by Gasteiger charge is 2.27. The molecule has 0 saturated carbocycles. The Kier molecular flexibility index (Phi) is 8.18. The standard InChI is InChI=1S/C28H34N4O4/c1-4-13-32(36-5-2)28(34)23-15-22-11-10-21(16-25(22)30-26(29)17-23)19-6-8-20(9-7-19)27(33)31-14-12-24(18-31)35-3/h6-11,15-16,24H,4-5,12-14,17-18H2,1-3H3,(H2,29,30)/t24-/m1/s1. The van der Waals surface area contributed by atoms with Crippen LogP contribution in [0.25, 0.3) is 17.2 Å². The van der Waals surface area contributed by atoms with E-state index in [0.717, 1.165) is 29.5 Å². The number of methoxy groups -OCH3 is 1. The molecule has 0 aliphatic carbocycles. The van der Waals surface area contributed by atoms with Gasteiger partial charge in [-0.05, 0) is 55.2 Å². The molecule has 0 spiro atoms. The van der Waals surface area contributed by atoms with Gasteiger partial charge in [0.2, 0.25) is 0 Å². The van der Waals surface area contributed by atoms with Crippen molar-refractivity contribution in [3.05, 3.63) is 59.2 Å². The van der Waals surface area contributed by atoms with Gasteiger partial charge in [0.25, 0.3) is 11.8 Å². The fourth-order valence-electron chi connectivity index (χ4n) is 4.54. The van der Waals surface area contributed by atoms with E-state index in [0.29, 0.717) is 48.9 Å². The number of nitrogens with two attached hydrogens (primary N) is 1. The van der Waals surface area contributed by atoms with Gasteiger partial charge in [0.1, 0.15) is 5.84 Å². The fraction of sp³-hybridized carbons (Fsp3) is 0.393. The van der Waals surface area contributed by atoms with Crippen molar-refractivity contribution in [2.75, 3.05) is 33.4 Å². The number of aliphatic imine (C=N–C) groups is 1. The predicted octanol–water partition coefficient (Wildman–Crippen LogP) is 4.18. The van der Waals surface area contributed by atoms with Crippen LogP contribution in [0.15, 0.2) is 53.0 Å². The van der Waals surface area contributed by atoms with Crippen LogP contribution in [0, 0.1) is 0 Å². The SMILES string of the molecule is CCCN(OCC)C(=O)C1=Cc2ccc(-c3ccc(C(=O)N4CC[C@@H](OC)C4)cc3)cc2N=C(N)C1. The van der Waals surface area contributed by atoms with Crippen molar-refractivity contribution in [3.63, 3.8) is 0 Å². The summed E-state index contributed by atoms with van der Waals surface area (Å²) in [7, 11) is 1.68. The minimum atomic E-state index is -0.191. The van der Waals surface area contributed by atoms with Crippen molar-refractivity contribution < 1.29 is 19.2 Å². The number of rotatable bonds is 8. The average molecular weight is 491 g/mol. The van der Waals surface area contributed by atoms with Crippen LogP contribution in [-0.2, 0) is 14.4 Å². The molecule has 190 valence electrons. The average Bonchev–Trinajstić information content (AvgIpc) is 3.31. The molecule has 36 heavy (non-hydrogen) atoms. The Morgan fingerprint density at radius 1 is 1.14 bits per heavy atom. The van der Waals surface area contributed by atoms with Gasteiger partial charge < -0.3 is 15.4 Å². The van der Waals surface area contributed by atoms with Crippen LogP contribution in [0.3, 0.4) is 0 Å². The molecule has 0 unspecified atom stereocenters. The first kappa shape index (κ1) is 25.6. The van der Waals surface area contributed by atoms with E-state index >= 15 is 0 Å². The van der Waals surface area contributed by atoms with Crippen molar-refractivity contribution in [2.45, 2.75) is 39.2 Å². The van der Waals surface area contributed by atoms with Gasteiger partial charge in [-0.1, -0.05) is 31.2 Å². The second-order valence-electron chi connectivity index (χ2n) is 9.02. The van der Waals surface area contributed by atoms with Crippen LogP contribution in [0.4, 0.5) is 5.69 Å². The van der Waals surface area contributed by atoms with E-state index in [1.165, 1.54) is 5.06 Å². The molecule has 2 aliphatic heterocycles. The summed E-state index contributed by atoms with van der Waals surface area (Å²) in [5.41, 5.74) is 10.8. The number of hydrogen-bond acceptors (Lipinski definition) is 6. The minimum absolute atomic E-state index is 0.0203. The molecule has 2 aromatic rings. The number of likely N-dealkylation sites (tertiary alicyclic amines) is 1. The topological polar surface area (TPSA) is 97.5 Å². The molecule has 2 heterocycles. The zero-order chi connectivity index (χ0) is 25.7. The first-order chi connectivity index (χ1) is 17.4. The van der Waals surface area contributed by atoms with Crippen LogP contribution in [0.2, 0.25) is 0 Å². The summed E-state index contributed by atoms with van der Waals surface area (Å²) in [6.45, 7) is 6.12. The quantitative estimate of drug-likeness (QED) is 0.560. The maximum Gasteiger partial charge on any atom is 0.273 e. The highest BCUT2D eigenvalue weighted by Crippen LogP contribution is 2.32. The minimum Gasteiger partial charge on any atom is -0.387 e.